The van der Waals surface area contributed by atoms with Crippen LogP contribution < -0.4 is 25.7 Å². The van der Waals surface area contributed by atoms with Crippen LogP contribution in [0.3, 0.4) is 0 Å². The molecule has 2 aliphatic rings. The Hall–Kier alpha value is -6.15. The quantitative estimate of drug-likeness (QED) is 0.167. The third-order valence-corrected chi connectivity index (χ3v) is 14.4. The fourth-order valence-electron chi connectivity index (χ4n) is 8.71. The number of hydrogen-bond acceptors (Lipinski definition) is 3. The SMILES string of the molecule is CC1(C)c2cc(N(c3ccccc3)c3ccccc3)ccc2P(=O)(c2ccccc2)c2ccc(N3c4ccccc4-c4cccc5cccc3c45)cc21. The standard InChI is InChI=1S/C49H37N2OP/c1-49(2)42-32-37(50(35-18-6-3-7-19-35)36-20-8-4-9-21-36)28-30-46(42)53(52,39-22-10-5-11-23-39)47-31-29-38(33-43(47)49)51-44-26-13-12-24-40(44)41-25-14-16-34-17-15-27-45(51)48(34)41/h3-33H,1-2H3. The Morgan fingerprint density at radius 3 is 1.74 bits per heavy atom. The van der Waals surface area contributed by atoms with Gasteiger partial charge >= 0.3 is 0 Å². The lowest BCUT2D eigenvalue weighted by molar-refractivity contribution is 0.586. The van der Waals surface area contributed by atoms with E-state index in [2.05, 4.69) is 169 Å². The number of para-hydroxylation sites is 3. The maximum absolute atomic E-state index is 16.2. The molecule has 0 spiro atoms. The van der Waals surface area contributed by atoms with Crippen molar-refractivity contribution in [1.29, 1.82) is 0 Å². The van der Waals surface area contributed by atoms with Gasteiger partial charge < -0.3 is 14.4 Å². The summed E-state index contributed by atoms with van der Waals surface area (Å²) in [6, 6.07) is 66.1. The van der Waals surface area contributed by atoms with Gasteiger partial charge in [-0.25, -0.2) is 0 Å². The topological polar surface area (TPSA) is 23.6 Å². The van der Waals surface area contributed by atoms with Gasteiger partial charge in [0.1, 0.15) is 0 Å². The van der Waals surface area contributed by atoms with Gasteiger partial charge in [0.05, 0.1) is 11.4 Å². The molecule has 8 aromatic rings. The molecule has 0 radical (unpaired) electrons. The van der Waals surface area contributed by atoms with Crippen molar-refractivity contribution in [3.8, 4) is 11.1 Å². The van der Waals surface area contributed by atoms with E-state index in [0.717, 1.165) is 61.2 Å². The van der Waals surface area contributed by atoms with Gasteiger partial charge in [0.25, 0.3) is 0 Å². The highest BCUT2D eigenvalue weighted by Crippen LogP contribution is 2.56. The second-order valence-corrected chi connectivity index (χ2v) is 17.2. The van der Waals surface area contributed by atoms with E-state index in [1.165, 1.54) is 21.9 Å². The van der Waals surface area contributed by atoms with Crippen molar-refractivity contribution in [1.82, 2.24) is 0 Å². The predicted octanol–water partition coefficient (Wildman–Crippen LogP) is 12.0. The van der Waals surface area contributed by atoms with E-state index in [0.29, 0.717) is 0 Å². The van der Waals surface area contributed by atoms with Crippen LogP contribution in [0, 0.1) is 0 Å². The van der Waals surface area contributed by atoms with Crippen LogP contribution in [0.1, 0.15) is 25.0 Å². The predicted molar refractivity (Wildman–Crippen MR) is 224 cm³/mol. The largest absolute Gasteiger partial charge is 0.310 e. The van der Waals surface area contributed by atoms with Crippen LogP contribution in [0.5, 0.6) is 0 Å². The molecule has 0 amide bonds. The van der Waals surface area contributed by atoms with Crippen LogP contribution in [0.2, 0.25) is 0 Å². The molecule has 4 heteroatoms. The van der Waals surface area contributed by atoms with Crippen molar-refractivity contribution in [2.24, 2.45) is 0 Å². The third-order valence-electron chi connectivity index (χ3n) is 11.2. The van der Waals surface area contributed by atoms with E-state index in [1.807, 2.05) is 42.5 Å². The second-order valence-electron chi connectivity index (χ2n) is 14.5. The van der Waals surface area contributed by atoms with Crippen LogP contribution in [0.15, 0.2) is 188 Å². The summed E-state index contributed by atoms with van der Waals surface area (Å²) in [6.07, 6.45) is 0. The van der Waals surface area contributed by atoms with Gasteiger partial charge in [-0.1, -0.05) is 129 Å². The van der Waals surface area contributed by atoms with Gasteiger partial charge in [0.2, 0.25) is 0 Å². The van der Waals surface area contributed by atoms with Crippen molar-refractivity contribution in [3.63, 3.8) is 0 Å². The number of anilines is 6. The van der Waals surface area contributed by atoms with Crippen LogP contribution in [-0.2, 0) is 9.98 Å². The zero-order valence-corrected chi connectivity index (χ0v) is 30.5. The van der Waals surface area contributed by atoms with E-state index in [1.54, 1.807) is 0 Å². The molecule has 0 N–H and O–H groups in total. The first kappa shape index (κ1) is 31.6. The van der Waals surface area contributed by atoms with Crippen molar-refractivity contribution >= 4 is 68.0 Å². The van der Waals surface area contributed by atoms with Gasteiger partial charge in [-0.05, 0) is 94.9 Å². The second kappa shape index (κ2) is 12.0. The van der Waals surface area contributed by atoms with E-state index in [-0.39, 0.29) is 0 Å². The fourth-order valence-corrected chi connectivity index (χ4v) is 12.0. The fraction of sp³-hybridized carbons (Fsp3) is 0.0612. The highest BCUT2D eigenvalue weighted by Gasteiger charge is 2.45. The minimum absolute atomic E-state index is 0.475. The van der Waals surface area contributed by atoms with E-state index in [9.17, 15) is 0 Å². The molecule has 254 valence electrons. The molecule has 0 saturated carbocycles. The van der Waals surface area contributed by atoms with E-state index < -0.39 is 12.6 Å². The van der Waals surface area contributed by atoms with Crippen LogP contribution >= 0.6 is 7.14 Å². The third kappa shape index (κ3) is 4.71. The first-order chi connectivity index (χ1) is 25.9. The summed E-state index contributed by atoms with van der Waals surface area (Å²) in [7, 11) is -3.28. The van der Waals surface area contributed by atoms with Crippen LogP contribution in [0.4, 0.5) is 34.1 Å². The smallest absolute Gasteiger partial charge is 0.171 e. The molecule has 0 fully saturated rings. The lowest BCUT2D eigenvalue weighted by atomic mass is 9.77. The van der Waals surface area contributed by atoms with Gasteiger partial charge in [-0.2, -0.15) is 0 Å². The summed E-state index contributed by atoms with van der Waals surface area (Å²) < 4.78 is 16.2. The molecule has 53 heavy (non-hydrogen) atoms. The Bertz CT molecular complexity index is 2700. The van der Waals surface area contributed by atoms with Crippen molar-refractivity contribution < 1.29 is 4.57 Å². The molecule has 1 atom stereocenters. The van der Waals surface area contributed by atoms with Crippen LogP contribution in [-0.4, -0.2) is 0 Å². The lowest BCUT2D eigenvalue weighted by Crippen LogP contribution is -2.42. The Labute approximate surface area is 310 Å². The van der Waals surface area contributed by atoms with Gasteiger partial charge in [0, 0.05) is 55.0 Å². The molecule has 0 saturated heterocycles. The highest BCUT2D eigenvalue weighted by atomic mass is 31.2. The Morgan fingerprint density at radius 1 is 0.491 bits per heavy atom. The zero-order valence-electron chi connectivity index (χ0n) is 29.6. The van der Waals surface area contributed by atoms with Gasteiger partial charge in [0.15, 0.2) is 7.14 Å². The minimum atomic E-state index is -3.28. The summed E-state index contributed by atoms with van der Waals surface area (Å²) in [5.74, 6) is 0. The summed E-state index contributed by atoms with van der Waals surface area (Å²) in [6.45, 7) is 4.59. The number of fused-ring (bicyclic) bond motifs is 4. The minimum Gasteiger partial charge on any atom is -0.310 e. The van der Waals surface area contributed by atoms with Crippen LogP contribution in [0.25, 0.3) is 21.9 Å². The molecular formula is C49H37N2OP. The highest BCUT2D eigenvalue weighted by molar-refractivity contribution is 7.85. The van der Waals surface area contributed by atoms with Crippen molar-refractivity contribution in [2.45, 2.75) is 19.3 Å². The summed E-state index contributed by atoms with van der Waals surface area (Å²) in [5.41, 5.74) is 10.7. The Kier molecular flexibility index (Phi) is 7.12. The van der Waals surface area contributed by atoms with Gasteiger partial charge in [-0.15, -0.1) is 0 Å². The molecule has 1 unspecified atom stereocenters. The Morgan fingerprint density at radius 2 is 1.04 bits per heavy atom. The summed E-state index contributed by atoms with van der Waals surface area (Å²) >= 11 is 0. The first-order valence-electron chi connectivity index (χ1n) is 18.2. The van der Waals surface area contributed by atoms with Gasteiger partial charge in [-0.3, -0.25) is 0 Å². The summed E-state index contributed by atoms with van der Waals surface area (Å²) in [4.78, 5) is 4.69. The van der Waals surface area contributed by atoms with Crippen molar-refractivity contribution in [3.05, 3.63) is 199 Å². The molecule has 2 heterocycles. The number of nitrogens with zero attached hydrogens (tertiary/aromatic N) is 2. The average molecular weight is 701 g/mol. The average Bonchev–Trinajstić information content (AvgIpc) is 3.21. The van der Waals surface area contributed by atoms with Crippen molar-refractivity contribution in [2.75, 3.05) is 9.80 Å². The number of rotatable bonds is 5. The molecule has 0 aliphatic carbocycles. The van der Waals surface area contributed by atoms with E-state index in [4.69, 9.17) is 0 Å². The molecule has 10 rings (SSSR count). The first-order valence-corrected chi connectivity index (χ1v) is 19.9. The molecule has 3 nitrogen and oxygen atoms in total. The lowest BCUT2D eigenvalue weighted by Gasteiger charge is -2.41. The zero-order chi connectivity index (χ0) is 35.7. The number of hydrogen-bond donors (Lipinski definition) is 0. The molecule has 0 aromatic heterocycles. The number of benzene rings is 8. The Balaban J connectivity index is 1.22. The molecular weight excluding hydrogens is 664 g/mol. The van der Waals surface area contributed by atoms with E-state index >= 15 is 4.57 Å². The molecule has 8 aromatic carbocycles. The molecule has 2 aliphatic heterocycles. The normalized spacial score (nSPS) is 16.4. The maximum Gasteiger partial charge on any atom is 0.171 e. The maximum atomic E-state index is 16.2. The summed E-state index contributed by atoms with van der Waals surface area (Å²) in [5, 5.41) is 5.13. The molecule has 0 bridgehead atoms. The monoisotopic (exact) mass is 700 g/mol.